The molecule has 1 aromatic carbocycles. The Bertz CT molecular complexity index is 475. The van der Waals surface area contributed by atoms with Crippen molar-refractivity contribution in [3.63, 3.8) is 0 Å². The fourth-order valence-corrected chi connectivity index (χ4v) is 1.50. The molecule has 0 spiro atoms. The maximum atomic E-state index is 12.0. The Morgan fingerprint density at radius 2 is 1.74 bits per heavy atom. The summed E-state index contributed by atoms with van der Waals surface area (Å²) >= 11 is 0. The lowest BCUT2D eigenvalue weighted by atomic mass is 9.95. The van der Waals surface area contributed by atoms with Crippen LogP contribution in [0.5, 0.6) is 5.75 Å². The van der Waals surface area contributed by atoms with Crippen LogP contribution in [0, 0.1) is 5.92 Å². The van der Waals surface area contributed by atoms with E-state index < -0.39 is 23.5 Å². The molecule has 0 fully saturated rings. The Balaban J connectivity index is 2.81. The van der Waals surface area contributed by atoms with E-state index in [1.165, 1.54) is 14.0 Å². The standard InChI is InChI=1S/C14H16O5/c1-4-19-14(17)13(16)9(2)12(15)10-5-7-11(18-3)8-6-10/h5-9H,4H2,1-3H3. The van der Waals surface area contributed by atoms with Crippen LogP contribution >= 0.6 is 0 Å². The van der Waals surface area contributed by atoms with E-state index in [4.69, 9.17) is 4.74 Å². The molecule has 0 aromatic heterocycles. The van der Waals surface area contributed by atoms with Crippen LogP contribution in [0.25, 0.3) is 0 Å². The van der Waals surface area contributed by atoms with Crippen molar-refractivity contribution in [1.82, 2.24) is 0 Å². The fourth-order valence-electron chi connectivity index (χ4n) is 1.50. The minimum absolute atomic E-state index is 0.105. The first-order valence-electron chi connectivity index (χ1n) is 5.90. The fraction of sp³-hybridized carbons (Fsp3) is 0.357. The summed E-state index contributed by atoms with van der Waals surface area (Å²) in [6, 6.07) is 6.34. The number of benzene rings is 1. The average Bonchev–Trinajstić information content (AvgIpc) is 2.45. The van der Waals surface area contributed by atoms with Crippen molar-refractivity contribution in [2.45, 2.75) is 13.8 Å². The number of hydrogen-bond donors (Lipinski definition) is 0. The summed E-state index contributed by atoms with van der Waals surface area (Å²) in [6.07, 6.45) is 0. The normalized spacial score (nSPS) is 11.5. The summed E-state index contributed by atoms with van der Waals surface area (Å²) in [4.78, 5) is 35.0. The number of hydrogen-bond acceptors (Lipinski definition) is 5. The summed E-state index contributed by atoms with van der Waals surface area (Å²) in [5.74, 6) is -2.66. The second kappa shape index (κ2) is 6.68. The highest BCUT2D eigenvalue weighted by molar-refractivity contribution is 6.39. The Hall–Kier alpha value is -2.17. The highest BCUT2D eigenvalue weighted by atomic mass is 16.5. The number of Topliss-reactive ketones (excluding diaryl/α,β-unsaturated/α-hetero) is 2. The molecular formula is C14H16O5. The molecular weight excluding hydrogens is 248 g/mol. The van der Waals surface area contributed by atoms with Crippen LogP contribution in [-0.2, 0) is 14.3 Å². The van der Waals surface area contributed by atoms with Crippen LogP contribution in [0.4, 0.5) is 0 Å². The molecule has 0 amide bonds. The molecule has 1 aromatic rings. The van der Waals surface area contributed by atoms with Gasteiger partial charge in [-0.25, -0.2) is 4.79 Å². The van der Waals surface area contributed by atoms with E-state index in [0.717, 1.165) is 0 Å². The van der Waals surface area contributed by atoms with E-state index in [-0.39, 0.29) is 6.61 Å². The maximum Gasteiger partial charge on any atom is 0.375 e. The number of ketones is 2. The zero-order valence-corrected chi connectivity index (χ0v) is 11.1. The molecule has 0 saturated heterocycles. The van der Waals surface area contributed by atoms with Gasteiger partial charge in [-0.1, -0.05) is 0 Å². The summed E-state index contributed by atoms with van der Waals surface area (Å²) in [5, 5.41) is 0. The second-order valence-corrected chi connectivity index (χ2v) is 3.90. The SMILES string of the molecule is CCOC(=O)C(=O)C(C)C(=O)c1ccc(OC)cc1. The van der Waals surface area contributed by atoms with Crippen molar-refractivity contribution in [3.8, 4) is 5.75 Å². The summed E-state index contributed by atoms with van der Waals surface area (Å²) in [7, 11) is 1.52. The van der Waals surface area contributed by atoms with Gasteiger partial charge in [-0.2, -0.15) is 0 Å². The van der Waals surface area contributed by atoms with Gasteiger partial charge in [0, 0.05) is 5.56 Å². The number of methoxy groups -OCH3 is 1. The Morgan fingerprint density at radius 3 is 2.21 bits per heavy atom. The van der Waals surface area contributed by atoms with Gasteiger partial charge < -0.3 is 9.47 Å². The molecule has 5 heteroatoms. The van der Waals surface area contributed by atoms with Gasteiger partial charge in [0.1, 0.15) is 5.75 Å². The highest BCUT2D eigenvalue weighted by Crippen LogP contribution is 2.15. The topological polar surface area (TPSA) is 69.7 Å². The molecule has 0 aliphatic heterocycles. The third kappa shape index (κ3) is 3.64. The summed E-state index contributed by atoms with van der Waals surface area (Å²) in [5.41, 5.74) is 0.353. The Labute approximate surface area is 111 Å². The molecule has 1 atom stereocenters. The van der Waals surface area contributed by atoms with Crippen LogP contribution in [0.2, 0.25) is 0 Å². The van der Waals surface area contributed by atoms with E-state index in [2.05, 4.69) is 4.74 Å². The third-order valence-electron chi connectivity index (χ3n) is 2.64. The van der Waals surface area contributed by atoms with Crippen molar-refractivity contribution in [2.75, 3.05) is 13.7 Å². The van der Waals surface area contributed by atoms with E-state index in [1.54, 1.807) is 31.2 Å². The number of carbonyl (C=O) groups is 3. The van der Waals surface area contributed by atoms with Gasteiger partial charge in [-0.15, -0.1) is 0 Å². The largest absolute Gasteiger partial charge is 0.497 e. The number of rotatable bonds is 6. The van der Waals surface area contributed by atoms with Crippen molar-refractivity contribution < 1.29 is 23.9 Å². The van der Waals surface area contributed by atoms with Crippen LogP contribution < -0.4 is 4.74 Å². The van der Waals surface area contributed by atoms with Gasteiger partial charge in [0.2, 0.25) is 0 Å². The van der Waals surface area contributed by atoms with E-state index >= 15 is 0 Å². The Morgan fingerprint density at radius 1 is 1.16 bits per heavy atom. The molecule has 0 aliphatic carbocycles. The number of carbonyl (C=O) groups excluding carboxylic acids is 3. The lowest BCUT2D eigenvalue weighted by molar-refractivity contribution is -0.154. The summed E-state index contributed by atoms with van der Waals surface area (Å²) in [6.45, 7) is 3.10. The molecule has 19 heavy (non-hydrogen) atoms. The van der Waals surface area contributed by atoms with Gasteiger partial charge >= 0.3 is 5.97 Å². The molecule has 5 nitrogen and oxygen atoms in total. The van der Waals surface area contributed by atoms with Gasteiger partial charge in [0.25, 0.3) is 5.78 Å². The smallest absolute Gasteiger partial charge is 0.375 e. The zero-order valence-electron chi connectivity index (χ0n) is 11.1. The highest BCUT2D eigenvalue weighted by Gasteiger charge is 2.29. The van der Waals surface area contributed by atoms with Gasteiger partial charge in [-0.3, -0.25) is 9.59 Å². The number of esters is 1. The van der Waals surface area contributed by atoms with Gasteiger partial charge in [0.15, 0.2) is 5.78 Å². The first-order chi connectivity index (χ1) is 9.01. The zero-order chi connectivity index (χ0) is 14.4. The number of ether oxygens (including phenoxy) is 2. The lowest BCUT2D eigenvalue weighted by Crippen LogP contribution is -2.29. The monoisotopic (exact) mass is 264 g/mol. The molecule has 0 radical (unpaired) electrons. The summed E-state index contributed by atoms with van der Waals surface area (Å²) < 4.78 is 9.56. The van der Waals surface area contributed by atoms with E-state index in [1.807, 2.05) is 0 Å². The first kappa shape index (κ1) is 14.9. The third-order valence-corrected chi connectivity index (χ3v) is 2.64. The van der Waals surface area contributed by atoms with Crippen LogP contribution in [0.3, 0.4) is 0 Å². The molecule has 0 aliphatic rings. The quantitative estimate of drug-likeness (QED) is 0.338. The molecule has 0 saturated carbocycles. The van der Waals surface area contributed by atoms with Crippen molar-refractivity contribution in [1.29, 1.82) is 0 Å². The van der Waals surface area contributed by atoms with E-state index in [9.17, 15) is 14.4 Å². The van der Waals surface area contributed by atoms with Crippen molar-refractivity contribution in [2.24, 2.45) is 5.92 Å². The predicted octanol–water partition coefficient (Wildman–Crippen LogP) is 1.65. The molecule has 102 valence electrons. The minimum atomic E-state index is -1.05. The average molecular weight is 264 g/mol. The second-order valence-electron chi connectivity index (χ2n) is 3.90. The molecule has 0 bridgehead atoms. The van der Waals surface area contributed by atoms with Gasteiger partial charge in [-0.05, 0) is 38.1 Å². The van der Waals surface area contributed by atoms with Crippen LogP contribution in [0.1, 0.15) is 24.2 Å². The minimum Gasteiger partial charge on any atom is -0.497 e. The van der Waals surface area contributed by atoms with Crippen LogP contribution in [-0.4, -0.2) is 31.3 Å². The molecule has 1 unspecified atom stereocenters. The maximum absolute atomic E-state index is 12.0. The Kier molecular flexibility index (Phi) is 5.23. The molecule has 1 rings (SSSR count). The van der Waals surface area contributed by atoms with Gasteiger partial charge in [0.05, 0.1) is 19.6 Å². The van der Waals surface area contributed by atoms with Crippen LogP contribution in [0.15, 0.2) is 24.3 Å². The van der Waals surface area contributed by atoms with Crippen molar-refractivity contribution in [3.05, 3.63) is 29.8 Å². The predicted molar refractivity (Wildman–Crippen MR) is 68.1 cm³/mol. The molecule has 0 heterocycles. The van der Waals surface area contributed by atoms with Crippen molar-refractivity contribution >= 4 is 17.5 Å². The lowest BCUT2D eigenvalue weighted by Gasteiger charge is -2.09. The van der Waals surface area contributed by atoms with E-state index in [0.29, 0.717) is 11.3 Å². The molecule has 0 N–H and O–H groups in total. The first-order valence-corrected chi connectivity index (χ1v) is 5.90.